The maximum Gasteiger partial charge on any atom is 0.148 e. The zero-order valence-electron chi connectivity index (χ0n) is 12.3. The Morgan fingerprint density at radius 3 is 2.71 bits per heavy atom. The van der Waals surface area contributed by atoms with Crippen molar-refractivity contribution in [1.82, 2.24) is 0 Å². The second kappa shape index (κ2) is 6.71. The zero-order chi connectivity index (χ0) is 15.2. The number of rotatable bonds is 5. The highest BCUT2D eigenvalue weighted by molar-refractivity contribution is 5.59. The molecule has 108 valence electrons. The normalized spacial score (nSPS) is 9.95. The summed E-state index contributed by atoms with van der Waals surface area (Å²) in [6.45, 7) is 4.63. The molecule has 2 aromatic rings. The monoisotopic (exact) mass is 281 g/mol. The summed E-state index contributed by atoms with van der Waals surface area (Å²) >= 11 is 0. The third kappa shape index (κ3) is 3.49. The number of anilines is 1. The molecule has 0 saturated carbocycles. The highest BCUT2D eigenvalue weighted by atomic mass is 16.5. The number of para-hydroxylation sites is 1. The van der Waals surface area contributed by atoms with Gasteiger partial charge in [-0.05, 0) is 31.5 Å². The van der Waals surface area contributed by atoms with E-state index in [1.54, 1.807) is 0 Å². The van der Waals surface area contributed by atoms with Gasteiger partial charge in [0.1, 0.15) is 18.1 Å². The van der Waals surface area contributed by atoms with E-state index in [-0.39, 0.29) is 6.61 Å². The topological polar surface area (TPSA) is 41.5 Å². The Balaban J connectivity index is 2.14. The van der Waals surface area contributed by atoms with E-state index < -0.39 is 0 Å². The summed E-state index contributed by atoms with van der Waals surface area (Å²) in [5.41, 5.74) is 3.64. The van der Waals surface area contributed by atoms with E-state index in [1.165, 1.54) is 0 Å². The van der Waals surface area contributed by atoms with Gasteiger partial charge in [0, 0.05) is 23.4 Å². The Hall–Kier alpha value is -2.60. The predicted octanol–water partition coefficient (Wildman–Crippen LogP) is 3.63. The van der Waals surface area contributed by atoms with E-state index >= 15 is 0 Å². The molecule has 0 heterocycles. The molecule has 0 aliphatic heterocycles. The Kier molecular flexibility index (Phi) is 4.73. The highest BCUT2D eigenvalue weighted by Crippen LogP contribution is 2.29. The second-order valence-corrected chi connectivity index (χ2v) is 4.86. The third-order valence-corrected chi connectivity index (χ3v) is 3.39. The van der Waals surface area contributed by atoms with Crippen LogP contribution in [0.25, 0.3) is 0 Å². The molecular weight excluding hydrogens is 262 g/mol. The standard InChI is InChI=1S/C18H19NO2/c1-4-11-21-17-8-6-5-7-15(17)12-19-16-10-9-13(2)18(20)14(16)3/h1,5-10,19-20H,11-12H2,2-3H3. The minimum Gasteiger partial charge on any atom is -0.507 e. The maximum absolute atomic E-state index is 9.97. The van der Waals surface area contributed by atoms with Crippen LogP contribution in [0.15, 0.2) is 36.4 Å². The third-order valence-electron chi connectivity index (χ3n) is 3.39. The molecule has 0 unspecified atom stereocenters. The van der Waals surface area contributed by atoms with Crippen molar-refractivity contribution < 1.29 is 9.84 Å². The molecule has 2 N–H and O–H groups in total. The summed E-state index contributed by atoms with van der Waals surface area (Å²) in [6, 6.07) is 11.6. The summed E-state index contributed by atoms with van der Waals surface area (Å²) in [6.07, 6.45) is 5.22. The van der Waals surface area contributed by atoms with Crippen LogP contribution in [0.3, 0.4) is 0 Å². The van der Waals surface area contributed by atoms with Gasteiger partial charge in [0.05, 0.1) is 0 Å². The molecule has 0 saturated heterocycles. The van der Waals surface area contributed by atoms with Gasteiger partial charge in [0.2, 0.25) is 0 Å². The zero-order valence-corrected chi connectivity index (χ0v) is 12.3. The number of nitrogens with one attached hydrogen (secondary N) is 1. The maximum atomic E-state index is 9.97. The summed E-state index contributed by atoms with van der Waals surface area (Å²) in [4.78, 5) is 0. The van der Waals surface area contributed by atoms with Crippen LogP contribution in [-0.4, -0.2) is 11.7 Å². The molecule has 0 radical (unpaired) electrons. The van der Waals surface area contributed by atoms with Gasteiger partial charge in [0.25, 0.3) is 0 Å². The van der Waals surface area contributed by atoms with Gasteiger partial charge < -0.3 is 15.2 Å². The van der Waals surface area contributed by atoms with Crippen molar-refractivity contribution in [3.05, 3.63) is 53.1 Å². The smallest absolute Gasteiger partial charge is 0.148 e. The van der Waals surface area contributed by atoms with Crippen LogP contribution >= 0.6 is 0 Å². The molecule has 3 heteroatoms. The van der Waals surface area contributed by atoms with Crippen molar-refractivity contribution in [3.8, 4) is 23.8 Å². The first-order valence-corrected chi connectivity index (χ1v) is 6.80. The molecule has 2 aromatic carbocycles. The fourth-order valence-electron chi connectivity index (χ4n) is 2.13. The first kappa shape index (κ1) is 14.8. The molecule has 0 bridgehead atoms. The fraction of sp³-hybridized carbons (Fsp3) is 0.222. The van der Waals surface area contributed by atoms with Crippen LogP contribution in [0.2, 0.25) is 0 Å². The van der Waals surface area contributed by atoms with E-state index in [4.69, 9.17) is 11.2 Å². The van der Waals surface area contributed by atoms with Gasteiger partial charge >= 0.3 is 0 Å². The van der Waals surface area contributed by atoms with Gasteiger partial charge in [-0.3, -0.25) is 0 Å². The fourth-order valence-corrected chi connectivity index (χ4v) is 2.13. The molecule has 2 rings (SSSR count). The van der Waals surface area contributed by atoms with Crippen molar-refractivity contribution in [1.29, 1.82) is 0 Å². The number of aromatic hydroxyl groups is 1. The van der Waals surface area contributed by atoms with Crippen molar-refractivity contribution in [2.24, 2.45) is 0 Å². The molecule has 0 aliphatic carbocycles. The molecule has 0 aliphatic rings. The van der Waals surface area contributed by atoms with Crippen molar-refractivity contribution >= 4 is 5.69 Å². The molecule has 0 atom stereocenters. The van der Waals surface area contributed by atoms with Crippen LogP contribution in [0.1, 0.15) is 16.7 Å². The van der Waals surface area contributed by atoms with E-state index in [9.17, 15) is 5.11 Å². The van der Waals surface area contributed by atoms with Gasteiger partial charge in [0.15, 0.2) is 0 Å². The molecule has 0 spiro atoms. The number of aryl methyl sites for hydroxylation is 1. The lowest BCUT2D eigenvalue weighted by Gasteiger charge is -2.14. The largest absolute Gasteiger partial charge is 0.507 e. The van der Waals surface area contributed by atoms with Gasteiger partial charge in [-0.25, -0.2) is 0 Å². The minimum absolute atomic E-state index is 0.251. The summed E-state index contributed by atoms with van der Waals surface area (Å²) < 4.78 is 5.52. The molecule has 3 nitrogen and oxygen atoms in total. The van der Waals surface area contributed by atoms with Gasteiger partial charge in [-0.1, -0.05) is 30.2 Å². The number of ether oxygens (including phenoxy) is 1. The van der Waals surface area contributed by atoms with Crippen LogP contribution in [0, 0.1) is 26.2 Å². The lowest BCUT2D eigenvalue weighted by molar-refractivity contribution is 0.366. The van der Waals surface area contributed by atoms with Crippen LogP contribution in [0.5, 0.6) is 11.5 Å². The van der Waals surface area contributed by atoms with E-state index in [2.05, 4.69) is 11.2 Å². The Bertz CT molecular complexity index is 671. The summed E-state index contributed by atoms with van der Waals surface area (Å²) in [5, 5.41) is 13.3. The van der Waals surface area contributed by atoms with E-state index in [0.29, 0.717) is 12.3 Å². The number of phenolic OH excluding ortho intramolecular Hbond substituents is 1. The molecular formula is C18H19NO2. The Morgan fingerprint density at radius 2 is 1.95 bits per heavy atom. The summed E-state index contributed by atoms with van der Waals surface area (Å²) in [5.74, 6) is 3.57. The van der Waals surface area contributed by atoms with Crippen LogP contribution in [-0.2, 0) is 6.54 Å². The predicted molar refractivity (Wildman–Crippen MR) is 85.7 cm³/mol. The molecule has 0 amide bonds. The van der Waals surface area contributed by atoms with Crippen molar-refractivity contribution in [3.63, 3.8) is 0 Å². The first-order chi connectivity index (χ1) is 10.1. The number of benzene rings is 2. The Labute approximate surface area is 125 Å². The average Bonchev–Trinajstić information content (AvgIpc) is 2.51. The SMILES string of the molecule is C#CCOc1ccccc1CNc1ccc(C)c(O)c1C. The number of terminal acetylenes is 1. The molecule has 0 aromatic heterocycles. The van der Waals surface area contributed by atoms with Gasteiger partial charge in [-0.15, -0.1) is 6.42 Å². The lowest BCUT2D eigenvalue weighted by atomic mass is 10.1. The lowest BCUT2D eigenvalue weighted by Crippen LogP contribution is -2.04. The van der Waals surface area contributed by atoms with Crippen LogP contribution < -0.4 is 10.1 Å². The minimum atomic E-state index is 0.251. The number of hydrogen-bond acceptors (Lipinski definition) is 3. The molecule has 21 heavy (non-hydrogen) atoms. The van der Waals surface area contributed by atoms with E-state index in [0.717, 1.165) is 28.1 Å². The van der Waals surface area contributed by atoms with Crippen molar-refractivity contribution in [2.75, 3.05) is 11.9 Å². The number of phenols is 1. The number of hydrogen-bond donors (Lipinski definition) is 2. The van der Waals surface area contributed by atoms with E-state index in [1.807, 2.05) is 50.2 Å². The van der Waals surface area contributed by atoms with Crippen LogP contribution in [0.4, 0.5) is 5.69 Å². The first-order valence-electron chi connectivity index (χ1n) is 6.80. The summed E-state index contributed by atoms with van der Waals surface area (Å²) in [7, 11) is 0. The Morgan fingerprint density at radius 1 is 1.19 bits per heavy atom. The second-order valence-electron chi connectivity index (χ2n) is 4.86. The average molecular weight is 281 g/mol. The van der Waals surface area contributed by atoms with Gasteiger partial charge in [-0.2, -0.15) is 0 Å². The van der Waals surface area contributed by atoms with Crippen molar-refractivity contribution in [2.45, 2.75) is 20.4 Å². The quantitative estimate of drug-likeness (QED) is 0.822. The highest BCUT2D eigenvalue weighted by Gasteiger charge is 2.07. The molecule has 0 fully saturated rings.